The van der Waals surface area contributed by atoms with Gasteiger partial charge in [-0.3, -0.25) is 4.79 Å². The zero-order valence-electron chi connectivity index (χ0n) is 18.5. The molecule has 166 valence electrons. The smallest absolute Gasteiger partial charge is 0.378 e. The van der Waals surface area contributed by atoms with Crippen LogP contribution in [0.5, 0.6) is 0 Å². The number of esters is 1. The lowest BCUT2D eigenvalue weighted by atomic mass is 10.1. The first-order chi connectivity index (χ1) is 15.8. The molecule has 4 rings (SSSR count). The Kier molecular flexibility index (Phi) is 6.51. The molecule has 4 aromatic rings. The van der Waals surface area contributed by atoms with E-state index in [4.69, 9.17) is 4.74 Å². The van der Waals surface area contributed by atoms with Gasteiger partial charge >= 0.3 is 5.97 Å². The molecule has 0 saturated carbocycles. The topological polar surface area (TPSA) is 74.1 Å². The molecule has 0 unspecified atom stereocenters. The zero-order valence-corrected chi connectivity index (χ0v) is 20.1. The maximum atomic E-state index is 12.7. The van der Waals surface area contributed by atoms with Crippen molar-refractivity contribution in [2.45, 2.75) is 20.8 Å². The molecule has 0 amide bonds. The SMILES string of the molecule is Cc1ccc(-c2nc(C(=O)OCC(=O)c3ccc(Br)cc3)nn2-c2cccc(C)c2C)cc1. The number of ketones is 1. The first kappa shape index (κ1) is 22.6. The van der Waals surface area contributed by atoms with Crippen molar-refractivity contribution in [2.24, 2.45) is 0 Å². The van der Waals surface area contributed by atoms with E-state index in [1.165, 1.54) is 0 Å². The normalized spacial score (nSPS) is 10.8. The predicted molar refractivity (Wildman–Crippen MR) is 130 cm³/mol. The number of hydrogen-bond acceptors (Lipinski definition) is 5. The number of aryl methyl sites for hydroxylation is 2. The molecule has 0 atom stereocenters. The lowest BCUT2D eigenvalue weighted by molar-refractivity contribution is 0.0462. The fourth-order valence-electron chi connectivity index (χ4n) is 3.34. The zero-order chi connectivity index (χ0) is 23.5. The quantitative estimate of drug-likeness (QED) is 0.250. The minimum Gasteiger partial charge on any atom is -0.451 e. The van der Waals surface area contributed by atoms with Gasteiger partial charge in [0.25, 0.3) is 5.82 Å². The molecule has 0 fully saturated rings. The van der Waals surface area contributed by atoms with Gasteiger partial charge in [-0.25, -0.2) is 14.5 Å². The van der Waals surface area contributed by atoms with E-state index in [0.717, 1.165) is 32.4 Å². The second-order valence-corrected chi connectivity index (χ2v) is 8.68. The fourth-order valence-corrected chi connectivity index (χ4v) is 3.60. The third-order valence-corrected chi connectivity index (χ3v) is 5.93. The fraction of sp³-hybridized carbons (Fsp3) is 0.154. The third-order valence-electron chi connectivity index (χ3n) is 5.40. The van der Waals surface area contributed by atoms with Crippen molar-refractivity contribution >= 4 is 27.7 Å². The number of Topliss-reactive ketones (excluding diaryl/α,β-unsaturated/α-hetero) is 1. The molecule has 1 aromatic heterocycles. The summed E-state index contributed by atoms with van der Waals surface area (Å²) >= 11 is 3.33. The highest BCUT2D eigenvalue weighted by Gasteiger charge is 2.22. The molecule has 0 saturated heterocycles. The molecule has 3 aromatic carbocycles. The maximum absolute atomic E-state index is 12.7. The number of aromatic nitrogens is 3. The van der Waals surface area contributed by atoms with Gasteiger partial charge in [0.1, 0.15) is 0 Å². The van der Waals surface area contributed by atoms with Gasteiger partial charge in [0, 0.05) is 15.6 Å². The van der Waals surface area contributed by atoms with Crippen LogP contribution in [0.4, 0.5) is 0 Å². The van der Waals surface area contributed by atoms with Crippen LogP contribution in [-0.4, -0.2) is 33.1 Å². The van der Waals surface area contributed by atoms with Gasteiger partial charge in [0.2, 0.25) is 0 Å². The average molecular weight is 504 g/mol. The Labute approximate surface area is 200 Å². The highest BCUT2D eigenvalue weighted by molar-refractivity contribution is 9.10. The van der Waals surface area contributed by atoms with Crippen molar-refractivity contribution in [2.75, 3.05) is 6.61 Å². The average Bonchev–Trinajstić information content (AvgIpc) is 3.25. The molecular formula is C26H22BrN3O3. The second-order valence-electron chi connectivity index (χ2n) is 7.76. The molecule has 33 heavy (non-hydrogen) atoms. The van der Waals surface area contributed by atoms with Crippen LogP contribution < -0.4 is 0 Å². The molecule has 0 aliphatic carbocycles. The van der Waals surface area contributed by atoms with Crippen LogP contribution in [0.25, 0.3) is 17.1 Å². The summed E-state index contributed by atoms with van der Waals surface area (Å²) in [6.07, 6.45) is 0. The van der Waals surface area contributed by atoms with Crippen LogP contribution >= 0.6 is 15.9 Å². The van der Waals surface area contributed by atoms with Crippen LogP contribution in [0.2, 0.25) is 0 Å². The Hall–Kier alpha value is -3.58. The lowest BCUT2D eigenvalue weighted by Crippen LogP contribution is -2.15. The number of carbonyl (C=O) groups is 2. The van der Waals surface area contributed by atoms with Crippen molar-refractivity contribution in [3.63, 3.8) is 0 Å². The van der Waals surface area contributed by atoms with Crippen LogP contribution in [0.1, 0.15) is 37.7 Å². The highest BCUT2D eigenvalue weighted by Crippen LogP contribution is 2.25. The predicted octanol–water partition coefficient (Wildman–Crippen LogP) is 5.66. The largest absolute Gasteiger partial charge is 0.451 e. The van der Waals surface area contributed by atoms with E-state index in [0.29, 0.717) is 11.4 Å². The second kappa shape index (κ2) is 9.50. The number of nitrogens with zero attached hydrogens (tertiary/aromatic N) is 3. The van der Waals surface area contributed by atoms with Crippen molar-refractivity contribution in [1.29, 1.82) is 0 Å². The lowest BCUT2D eigenvalue weighted by Gasteiger charge is -2.11. The first-order valence-corrected chi connectivity index (χ1v) is 11.2. The molecule has 0 spiro atoms. The monoisotopic (exact) mass is 503 g/mol. The standard InChI is InChI=1S/C26H22BrN3O3/c1-16-7-9-20(10-8-16)25-28-24(29-30(25)22-6-4-5-17(2)18(22)3)26(32)33-15-23(31)19-11-13-21(27)14-12-19/h4-14H,15H2,1-3H3. The minimum atomic E-state index is -0.752. The highest BCUT2D eigenvalue weighted by atomic mass is 79.9. The molecular weight excluding hydrogens is 482 g/mol. The number of hydrogen-bond donors (Lipinski definition) is 0. The maximum Gasteiger partial charge on any atom is 0.378 e. The van der Waals surface area contributed by atoms with Gasteiger partial charge in [-0.2, -0.15) is 0 Å². The molecule has 0 aliphatic heterocycles. The summed E-state index contributed by atoms with van der Waals surface area (Å²) in [5.74, 6) is -0.633. The number of halogens is 1. The van der Waals surface area contributed by atoms with Gasteiger partial charge in [0.15, 0.2) is 18.2 Å². The molecule has 0 N–H and O–H groups in total. The van der Waals surface area contributed by atoms with E-state index >= 15 is 0 Å². The Morgan fingerprint density at radius 3 is 2.33 bits per heavy atom. The van der Waals surface area contributed by atoms with E-state index < -0.39 is 12.6 Å². The van der Waals surface area contributed by atoms with Crippen molar-refractivity contribution in [3.05, 3.63) is 99.3 Å². The number of carbonyl (C=O) groups excluding carboxylic acids is 2. The summed E-state index contributed by atoms with van der Waals surface area (Å²) in [5, 5.41) is 4.46. The van der Waals surface area contributed by atoms with E-state index in [2.05, 4.69) is 26.0 Å². The number of benzene rings is 3. The molecule has 6 nitrogen and oxygen atoms in total. The Morgan fingerprint density at radius 1 is 0.939 bits per heavy atom. The third kappa shape index (κ3) is 4.93. The molecule has 0 radical (unpaired) electrons. The van der Waals surface area contributed by atoms with E-state index in [-0.39, 0.29) is 11.6 Å². The molecule has 1 heterocycles. The van der Waals surface area contributed by atoms with E-state index in [9.17, 15) is 9.59 Å². The van der Waals surface area contributed by atoms with Crippen molar-refractivity contribution in [3.8, 4) is 17.1 Å². The first-order valence-electron chi connectivity index (χ1n) is 10.4. The van der Waals surface area contributed by atoms with Gasteiger partial charge in [0.05, 0.1) is 5.69 Å². The van der Waals surface area contributed by atoms with Crippen LogP contribution in [-0.2, 0) is 4.74 Å². The Balaban J connectivity index is 1.65. The Bertz CT molecular complexity index is 1330. The summed E-state index contributed by atoms with van der Waals surface area (Å²) in [5.41, 5.74) is 5.34. The van der Waals surface area contributed by atoms with Gasteiger partial charge in [-0.1, -0.05) is 70.0 Å². The summed E-state index contributed by atoms with van der Waals surface area (Å²) in [6.45, 7) is 5.63. The number of rotatable bonds is 6. The van der Waals surface area contributed by atoms with Crippen molar-refractivity contribution in [1.82, 2.24) is 14.8 Å². The molecule has 7 heteroatoms. The van der Waals surface area contributed by atoms with Crippen LogP contribution in [0.15, 0.2) is 71.2 Å². The van der Waals surface area contributed by atoms with E-state index in [1.807, 2.05) is 63.2 Å². The van der Waals surface area contributed by atoms with Crippen LogP contribution in [0, 0.1) is 20.8 Å². The van der Waals surface area contributed by atoms with Crippen LogP contribution in [0.3, 0.4) is 0 Å². The van der Waals surface area contributed by atoms with Gasteiger partial charge in [-0.15, -0.1) is 5.10 Å². The number of ether oxygens (including phenoxy) is 1. The summed E-state index contributed by atoms with van der Waals surface area (Å²) in [4.78, 5) is 29.6. The van der Waals surface area contributed by atoms with Crippen molar-refractivity contribution < 1.29 is 14.3 Å². The Morgan fingerprint density at radius 2 is 1.64 bits per heavy atom. The van der Waals surface area contributed by atoms with Gasteiger partial charge in [-0.05, 0) is 50.1 Å². The summed E-state index contributed by atoms with van der Waals surface area (Å²) in [6, 6.07) is 20.6. The summed E-state index contributed by atoms with van der Waals surface area (Å²) < 4.78 is 7.76. The van der Waals surface area contributed by atoms with Gasteiger partial charge < -0.3 is 4.74 Å². The van der Waals surface area contributed by atoms with E-state index in [1.54, 1.807) is 28.9 Å². The summed E-state index contributed by atoms with van der Waals surface area (Å²) in [7, 11) is 0. The molecule has 0 bridgehead atoms. The molecule has 0 aliphatic rings. The minimum absolute atomic E-state index is 0.102.